The maximum absolute atomic E-state index is 11.6. The van der Waals surface area contributed by atoms with Crippen LogP contribution in [-0.4, -0.2) is 44.8 Å². The first-order valence-electron chi connectivity index (χ1n) is 6.83. The molecule has 0 spiro atoms. The van der Waals surface area contributed by atoms with E-state index in [0.29, 0.717) is 19.6 Å². The summed E-state index contributed by atoms with van der Waals surface area (Å²) in [6.45, 7) is 7.21. The second kappa shape index (κ2) is 8.08. The minimum atomic E-state index is -0.127. The van der Waals surface area contributed by atoms with Crippen LogP contribution in [0.5, 0.6) is 0 Å². The zero-order valence-electron chi connectivity index (χ0n) is 11.4. The first kappa shape index (κ1) is 15.0. The predicted molar refractivity (Wildman–Crippen MR) is 66.2 cm³/mol. The Labute approximate surface area is 108 Å². The highest BCUT2D eigenvalue weighted by Gasteiger charge is 2.28. The van der Waals surface area contributed by atoms with Crippen LogP contribution in [0.3, 0.4) is 0 Å². The summed E-state index contributed by atoms with van der Waals surface area (Å²) in [4.78, 5) is 24.2. The molecule has 1 rings (SSSR count). The Kier molecular flexibility index (Phi) is 6.72. The number of quaternary nitrogens is 1. The van der Waals surface area contributed by atoms with Crippen LogP contribution in [0.4, 0.5) is 0 Å². The van der Waals surface area contributed by atoms with E-state index in [0.717, 1.165) is 32.5 Å². The van der Waals surface area contributed by atoms with Crippen LogP contribution in [0, 0.1) is 5.92 Å². The second-order valence-electron chi connectivity index (χ2n) is 4.58. The Bertz CT molecular complexity index is 272. The first-order valence-corrected chi connectivity index (χ1v) is 6.83. The quantitative estimate of drug-likeness (QED) is 0.670. The summed E-state index contributed by atoms with van der Waals surface area (Å²) in [5.41, 5.74) is 0. The number of esters is 2. The maximum atomic E-state index is 11.6. The van der Waals surface area contributed by atoms with Gasteiger partial charge in [-0.3, -0.25) is 9.59 Å². The molecule has 0 aromatic rings. The highest BCUT2D eigenvalue weighted by molar-refractivity contribution is 5.72. The Morgan fingerprint density at radius 2 is 1.72 bits per heavy atom. The van der Waals surface area contributed by atoms with Crippen LogP contribution < -0.4 is 4.90 Å². The van der Waals surface area contributed by atoms with Crippen molar-refractivity contribution >= 4 is 11.9 Å². The minimum absolute atomic E-state index is 0.0521. The number of carbonyl (C=O) groups is 2. The largest absolute Gasteiger partial charge is 0.466 e. The number of rotatable bonds is 6. The van der Waals surface area contributed by atoms with E-state index >= 15 is 0 Å². The molecule has 0 aliphatic carbocycles. The molecule has 0 aromatic carbocycles. The Balaban J connectivity index is 2.19. The van der Waals surface area contributed by atoms with E-state index < -0.39 is 0 Å². The molecule has 1 saturated heterocycles. The number of ether oxygens (including phenoxy) is 2. The first-order chi connectivity index (χ1) is 8.67. The van der Waals surface area contributed by atoms with Gasteiger partial charge in [0.2, 0.25) is 0 Å². The zero-order chi connectivity index (χ0) is 13.4. The van der Waals surface area contributed by atoms with Crippen LogP contribution in [0.15, 0.2) is 0 Å². The molecule has 5 nitrogen and oxygen atoms in total. The van der Waals surface area contributed by atoms with Crippen molar-refractivity contribution in [2.75, 3.05) is 32.8 Å². The maximum Gasteiger partial charge on any atom is 0.311 e. The van der Waals surface area contributed by atoms with Crippen molar-refractivity contribution in [3.8, 4) is 0 Å². The third kappa shape index (κ3) is 5.04. The number of nitrogens with one attached hydrogen (secondary N) is 1. The molecule has 5 heteroatoms. The van der Waals surface area contributed by atoms with Crippen molar-refractivity contribution < 1.29 is 24.0 Å². The molecule has 0 saturated carbocycles. The van der Waals surface area contributed by atoms with Crippen molar-refractivity contribution in [1.29, 1.82) is 0 Å². The Hall–Kier alpha value is -1.10. The molecule has 0 bridgehead atoms. The SMILES string of the molecule is CCOC(=O)CC[NH+]1CCC(C(=O)OCC)CC1. The van der Waals surface area contributed by atoms with Crippen molar-refractivity contribution in [2.45, 2.75) is 33.1 Å². The van der Waals surface area contributed by atoms with Crippen molar-refractivity contribution in [3.63, 3.8) is 0 Å². The number of likely N-dealkylation sites (tertiary alicyclic amines) is 1. The van der Waals surface area contributed by atoms with Gasteiger partial charge in [0, 0.05) is 12.8 Å². The van der Waals surface area contributed by atoms with Gasteiger partial charge in [0.25, 0.3) is 0 Å². The van der Waals surface area contributed by atoms with Crippen LogP contribution in [0.2, 0.25) is 0 Å². The normalized spacial score (nSPS) is 23.4. The summed E-state index contributed by atoms with van der Waals surface area (Å²) in [6, 6.07) is 0. The van der Waals surface area contributed by atoms with Crippen LogP contribution >= 0.6 is 0 Å². The molecule has 0 unspecified atom stereocenters. The van der Waals surface area contributed by atoms with E-state index in [1.807, 2.05) is 13.8 Å². The highest BCUT2D eigenvalue weighted by atomic mass is 16.5. The average molecular weight is 258 g/mol. The summed E-state index contributed by atoms with van der Waals surface area (Å²) in [5.74, 6) is -0.143. The van der Waals surface area contributed by atoms with Gasteiger partial charge in [0.1, 0.15) is 0 Å². The molecule has 0 amide bonds. The molecular weight excluding hydrogens is 234 g/mol. The molecule has 104 valence electrons. The molecule has 1 aliphatic rings. The van der Waals surface area contributed by atoms with Crippen molar-refractivity contribution in [1.82, 2.24) is 0 Å². The van der Waals surface area contributed by atoms with E-state index in [-0.39, 0.29) is 17.9 Å². The molecule has 0 radical (unpaired) electrons. The van der Waals surface area contributed by atoms with Gasteiger partial charge in [-0.25, -0.2) is 0 Å². The Morgan fingerprint density at radius 3 is 2.28 bits per heavy atom. The van der Waals surface area contributed by atoms with Gasteiger partial charge < -0.3 is 14.4 Å². The van der Waals surface area contributed by atoms with Gasteiger partial charge in [-0.15, -0.1) is 0 Å². The fourth-order valence-electron chi connectivity index (χ4n) is 2.28. The monoisotopic (exact) mass is 258 g/mol. The molecule has 1 N–H and O–H groups in total. The number of hydrogen-bond acceptors (Lipinski definition) is 4. The van der Waals surface area contributed by atoms with Gasteiger partial charge >= 0.3 is 11.9 Å². The molecule has 1 heterocycles. The Morgan fingerprint density at radius 1 is 1.11 bits per heavy atom. The van der Waals surface area contributed by atoms with E-state index in [2.05, 4.69) is 0 Å². The van der Waals surface area contributed by atoms with Gasteiger partial charge in [-0.2, -0.15) is 0 Å². The van der Waals surface area contributed by atoms with Gasteiger partial charge in [-0.05, 0) is 13.8 Å². The van der Waals surface area contributed by atoms with Gasteiger partial charge in [0.05, 0.1) is 45.2 Å². The molecule has 1 aliphatic heterocycles. The van der Waals surface area contributed by atoms with Crippen LogP contribution in [-0.2, 0) is 19.1 Å². The lowest BCUT2D eigenvalue weighted by Gasteiger charge is -2.27. The summed E-state index contributed by atoms with van der Waals surface area (Å²) < 4.78 is 9.92. The van der Waals surface area contributed by atoms with Crippen LogP contribution in [0.1, 0.15) is 33.1 Å². The molecule has 18 heavy (non-hydrogen) atoms. The highest BCUT2D eigenvalue weighted by Crippen LogP contribution is 2.11. The van der Waals surface area contributed by atoms with E-state index in [1.165, 1.54) is 4.90 Å². The summed E-state index contributed by atoms with van der Waals surface area (Å²) >= 11 is 0. The molecule has 0 atom stereocenters. The smallest absolute Gasteiger partial charge is 0.311 e. The zero-order valence-corrected chi connectivity index (χ0v) is 11.4. The molecule has 0 aromatic heterocycles. The third-order valence-corrected chi connectivity index (χ3v) is 3.30. The lowest BCUT2D eigenvalue weighted by molar-refractivity contribution is -0.905. The topological polar surface area (TPSA) is 57.0 Å². The fraction of sp³-hybridized carbons (Fsp3) is 0.846. The van der Waals surface area contributed by atoms with Gasteiger partial charge in [0.15, 0.2) is 0 Å². The second-order valence-corrected chi connectivity index (χ2v) is 4.58. The van der Waals surface area contributed by atoms with E-state index in [9.17, 15) is 9.59 Å². The predicted octanol–water partition coefficient (Wildman–Crippen LogP) is -0.202. The van der Waals surface area contributed by atoms with E-state index in [1.54, 1.807) is 0 Å². The number of hydrogen-bond donors (Lipinski definition) is 1. The third-order valence-electron chi connectivity index (χ3n) is 3.30. The average Bonchev–Trinajstić information content (AvgIpc) is 2.37. The number of piperidine rings is 1. The lowest BCUT2D eigenvalue weighted by atomic mass is 9.97. The van der Waals surface area contributed by atoms with E-state index in [4.69, 9.17) is 9.47 Å². The van der Waals surface area contributed by atoms with Crippen LogP contribution in [0.25, 0.3) is 0 Å². The standard InChI is InChI=1S/C13H23NO4/c1-3-17-12(15)7-10-14-8-5-11(6-9-14)13(16)18-4-2/h11H,3-10H2,1-2H3/p+1. The summed E-state index contributed by atoms with van der Waals surface area (Å²) in [7, 11) is 0. The minimum Gasteiger partial charge on any atom is -0.466 e. The summed E-state index contributed by atoms with van der Waals surface area (Å²) in [6.07, 6.45) is 2.18. The fourth-order valence-corrected chi connectivity index (χ4v) is 2.28. The summed E-state index contributed by atoms with van der Waals surface area (Å²) in [5, 5.41) is 0. The molecule has 1 fully saturated rings. The van der Waals surface area contributed by atoms with Crippen molar-refractivity contribution in [2.24, 2.45) is 5.92 Å². The van der Waals surface area contributed by atoms with Crippen molar-refractivity contribution in [3.05, 3.63) is 0 Å². The number of carbonyl (C=O) groups excluding carboxylic acids is 2. The lowest BCUT2D eigenvalue weighted by Crippen LogP contribution is -3.13. The van der Waals surface area contributed by atoms with Gasteiger partial charge in [-0.1, -0.05) is 0 Å². The molecular formula is C13H24NO4+.